The van der Waals surface area contributed by atoms with E-state index in [1.807, 2.05) is 6.07 Å². The minimum absolute atomic E-state index is 0.280. The zero-order valence-corrected chi connectivity index (χ0v) is 9.93. The van der Waals surface area contributed by atoms with Gasteiger partial charge in [0.1, 0.15) is 0 Å². The molecule has 16 heavy (non-hydrogen) atoms. The van der Waals surface area contributed by atoms with Gasteiger partial charge in [-0.1, -0.05) is 11.6 Å². The van der Waals surface area contributed by atoms with Gasteiger partial charge in [-0.3, -0.25) is 0 Å². The van der Waals surface area contributed by atoms with Gasteiger partial charge in [0.25, 0.3) is 0 Å². The molecule has 1 atom stereocenters. The van der Waals surface area contributed by atoms with Gasteiger partial charge in [-0.15, -0.1) is 0 Å². The lowest BCUT2D eigenvalue weighted by atomic mass is 9.93. The molecule has 1 aromatic rings. The number of fused-ring (bicyclic) bond motifs is 1. The summed E-state index contributed by atoms with van der Waals surface area (Å²) < 4.78 is 10.8. The molecule has 1 N–H and O–H groups in total. The molecule has 1 unspecified atom stereocenters. The summed E-state index contributed by atoms with van der Waals surface area (Å²) in [5.74, 6) is 2.08. The van der Waals surface area contributed by atoms with Crippen molar-refractivity contribution in [1.82, 2.24) is 5.32 Å². The minimum atomic E-state index is 0.280. The third-order valence-corrected chi connectivity index (χ3v) is 3.67. The van der Waals surface area contributed by atoms with Crippen LogP contribution in [0.15, 0.2) is 6.07 Å². The number of hydrogen-bond donors (Lipinski definition) is 1. The third-order valence-electron chi connectivity index (χ3n) is 3.39. The van der Waals surface area contributed by atoms with Crippen molar-refractivity contribution in [3.8, 4) is 11.5 Å². The summed E-state index contributed by atoms with van der Waals surface area (Å²) in [7, 11) is 0. The minimum Gasteiger partial charge on any atom is -0.453 e. The highest BCUT2D eigenvalue weighted by Gasteiger charge is 2.26. The molecule has 3 rings (SSSR count). The molecule has 2 aliphatic heterocycles. The zero-order valence-electron chi connectivity index (χ0n) is 9.18. The van der Waals surface area contributed by atoms with Crippen LogP contribution in [0.3, 0.4) is 0 Å². The summed E-state index contributed by atoms with van der Waals surface area (Å²) >= 11 is 6.20. The Morgan fingerprint density at radius 1 is 1.38 bits per heavy atom. The van der Waals surface area contributed by atoms with Crippen LogP contribution in [0.2, 0.25) is 5.02 Å². The molecular weight excluding hydrogens is 226 g/mol. The number of halogens is 1. The lowest BCUT2D eigenvalue weighted by molar-refractivity contribution is 0.173. The molecule has 1 fully saturated rings. The van der Waals surface area contributed by atoms with Crippen LogP contribution in [-0.4, -0.2) is 19.9 Å². The van der Waals surface area contributed by atoms with Gasteiger partial charge in [0.05, 0.1) is 5.02 Å². The van der Waals surface area contributed by atoms with Crippen molar-refractivity contribution in [2.75, 3.05) is 19.9 Å². The first-order valence-electron chi connectivity index (χ1n) is 5.56. The predicted molar refractivity (Wildman–Crippen MR) is 62.5 cm³/mol. The second-order valence-electron chi connectivity index (χ2n) is 4.33. The van der Waals surface area contributed by atoms with Gasteiger partial charge in [0.2, 0.25) is 6.79 Å². The van der Waals surface area contributed by atoms with Crippen LogP contribution in [-0.2, 0) is 0 Å². The summed E-state index contributed by atoms with van der Waals surface area (Å²) in [6.07, 6.45) is 1.16. The highest BCUT2D eigenvalue weighted by molar-refractivity contribution is 6.32. The fraction of sp³-hybridized carbons (Fsp3) is 0.500. The van der Waals surface area contributed by atoms with Crippen molar-refractivity contribution in [2.45, 2.75) is 19.3 Å². The van der Waals surface area contributed by atoms with Crippen LogP contribution in [0.1, 0.15) is 23.5 Å². The van der Waals surface area contributed by atoms with E-state index in [1.54, 1.807) is 0 Å². The van der Waals surface area contributed by atoms with Gasteiger partial charge in [-0.2, -0.15) is 0 Å². The average molecular weight is 240 g/mol. The summed E-state index contributed by atoms with van der Waals surface area (Å²) in [6.45, 7) is 4.47. The van der Waals surface area contributed by atoms with E-state index < -0.39 is 0 Å². The second kappa shape index (κ2) is 3.82. The maximum atomic E-state index is 6.20. The first-order valence-corrected chi connectivity index (χ1v) is 5.94. The molecule has 2 aliphatic rings. The SMILES string of the molecule is Cc1c(C2CCNC2)cc(Cl)c2c1OCO2. The molecule has 0 radical (unpaired) electrons. The van der Waals surface area contributed by atoms with E-state index in [-0.39, 0.29) is 6.79 Å². The Labute approximate surface area is 99.7 Å². The lowest BCUT2D eigenvalue weighted by Gasteiger charge is -2.15. The monoisotopic (exact) mass is 239 g/mol. The topological polar surface area (TPSA) is 30.5 Å². The van der Waals surface area contributed by atoms with Gasteiger partial charge < -0.3 is 14.8 Å². The van der Waals surface area contributed by atoms with E-state index in [2.05, 4.69) is 12.2 Å². The summed E-state index contributed by atoms with van der Waals surface area (Å²) in [6, 6.07) is 2.03. The first-order chi connectivity index (χ1) is 7.77. The van der Waals surface area contributed by atoms with Crippen molar-refractivity contribution in [3.63, 3.8) is 0 Å². The van der Waals surface area contributed by atoms with E-state index in [1.165, 1.54) is 11.1 Å². The quantitative estimate of drug-likeness (QED) is 0.817. The number of nitrogens with one attached hydrogen (secondary N) is 1. The van der Waals surface area contributed by atoms with Gasteiger partial charge in [-0.25, -0.2) is 0 Å². The molecule has 2 heterocycles. The molecular formula is C12H14ClNO2. The molecule has 0 aliphatic carbocycles. The Morgan fingerprint density at radius 2 is 2.19 bits per heavy atom. The van der Waals surface area contributed by atoms with Crippen molar-refractivity contribution >= 4 is 11.6 Å². The second-order valence-corrected chi connectivity index (χ2v) is 4.73. The number of rotatable bonds is 1. The maximum Gasteiger partial charge on any atom is 0.231 e. The Kier molecular flexibility index (Phi) is 2.45. The average Bonchev–Trinajstić information content (AvgIpc) is 2.92. The van der Waals surface area contributed by atoms with Crippen LogP contribution in [0, 0.1) is 6.92 Å². The molecule has 0 bridgehead atoms. The number of ether oxygens (including phenoxy) is 2. The molecule has 0 saturated carbocycles. The third kappa shape index (κ3) is 1.46. The Balaban J connectivity index is 2.08. The lowest BCUT2D eigenvalue weighted by Crippen LogP contribution is -2.09. The summed E-state index contributed by atoms with van der Waals surface area (Å²) in [5, 5.41) is 4.04. The molecule has 0 amide bonds. The Morgan fingerprint density at radius 3 is 2.94 bits per heavy atom. The molecule has 86 valence electrons. The standard InChI is InChI=1S/C12H14ClNO2/c1-7-9(8-2-3-14-5-8)4-10(13)12-11(7)15-6-16-12/h4,8,14H,2-3,5-6H2,1H3. The Hall–Kier alpha value is -0.930. The van der Waals surface area contributed by atoms with Gasteiger partial charge >= 0.3 is 0 Å². The maximum absolute atomic E-state index is 6.20. The Bertz CT molecular complexity index is 428. The van der Waals surface area contributed by atoms with E-state index in [9.17, 15) is 0 Å². The summed E-state index contributed by atoms with van der Waals surface area (Å²) in [5.41, 5.74) is 2.46. The highest BCUT2D eigenvalue weighted by atomic mass is 35.5. The number of benzene rings is 1. The fourth-order valence-electron chi connectivity index (χ4n) is 2.52. The highest BCUT2D eigenvalue weighted by Crippen LogP contribution is 2.45. The predicted octanol–water partition coefficient (Wildman–Crippen LogP) is 2.45. The largest absolute Gasteiger partial charge is 0.453 e. The van der Waals surface area contributed by atoms with Crippen molar-refractivity contribution in [2.24, 2.45) is 0 Å². The van der Waals surface area contributed by atoms with Crippen molar-refractivity contribution in [3.05, 3.63) is 22.2 Å². The van der Waals surface area contributed by atoms with Gasteiger partial charge in [0.15, 0.2) is 11.5 Å². The number of hydrogen-bond acceptors (Lipinski definition) is 3. The smallest absolute Gasteiger partial charge is 0.231 e. The fourth-order valence-corrected chi connectivity index (χ4v) is 2.78. The van der Waals surface area contributed by atoms with Crippen LogP contribution >= 0.6 is 11.6 Å². The zero-order chi connectivity index (χ0) is 11.1. The molecule has 0 aromatic heterocycles. The molecule has 3 nitrogen and oxygen atoms in total. The molecule has 1 saturated heterocycles. The normalized spacial score (nSPS) is 22.8. The van der Waals surface area contributed by atoms with Crippen molar-refractivity contribution in [1.29, 1.82) is 0 Å². The first kappa shape index (κ1) is 10.2. The van der Waals surface area contributed by atoms with Crippen LogP contribution in [0.4, 0.5) is 0 Å². The van der Waals surface area contributed by atoms with Gasteiger partial charge in [0, 0.05) is 6.54 Å². The van der Waals surface area contributed by atoms with E-state index in [0.29, 0.717) is 16.7 Å². The van der Waals surface area contributed by atoms with Crippen LogP contribution in [0.25, 0.3) is 0 Å². The molecule has 1 aromatic carbocycles. The van der Waals surface area contributed by atoms with E-state index >= 15 is 0 Å². The van der Waals surface area contributed by atoms with Gasteiger partial charge in [-0.05, 0) is 43.0 Å². The van der Waals surface area contributed by atoms with E-state index in [0.717, 1.165) is 25.3 Å². The van der Waals surface area contributed by atoms with Crippen molar-refractivity contribution < 1.29 is 9.47 Å². The summed E-state index contributed by atoms with van der Waals surface area (Å²) in [4.78, 5) is 0. The van der Waals surface area contributed by atoms with E-state index in [4.69, 9.17) is 21.1 Å². The van der Waals surface area contributed by atoms with Crippen LogP contribution < -0.4 is 14.8 Å². The molecule has 0 spiro atoms. The van der Waals surface area contributed by atoms with Crippen LogP contribution in [0.5, 0.6) is 11.5 Å². The molecule has 4 heteroatoms.